The summed E-state index contributed by atoms with van der Waals surface area (Å²) >= 11 is 0. The Morgan fingerprint density at radius 1 is 1.46 bits per heavy atom. The Bertz CT molecular complexity index is 473. The first-order valence-electron chi connectivity index (χ1n) is 4.00. The van der Waals surface area contributed by atoms with Gasteiger partial charge in [-0.1, -0.05) is 0 Å². The van der Waals surface area contributed by atoms with Crippen molar-refractivity contribution in [2.45, 2.75) is 13.8 Å². The molecule has 0 spiro atoms. The zero-order chi connectivity index (χ0) is 9.42. The van der Waals surface area contributed by atoms with Crippen molar-refractivity contribution in [2.75, 3.05) is 0 Å². The summed E-state index contributed by atoms with van der Waals surface area (Å²) in [5.41, 5.74) is 3.02. The number of aldehydes is 1. The van der Waals surface area contributed by atoms with Gasteiger partial charge in [-0.3, -0.25) is 4.79 Å². The van der Waals surface area contributed by atoms with Gasteiger partial charge in [0.1, 0.15) is 5.69 Å². The van der Waals surface area contributed by atoms with E-state index in [0.29, 0.717) is 5.69 Å². The van der Waals surface area contributed by atoms with Crippen molar-refractivity contribution in [3.63, 3.8) is 0 Å². The van der Waals surface area contributed by atoms with E-state index in [1.165, 1.54) is 0 Å². The fourth-order valence-corrected chi connectivity index (χ4v) is 1.32. The van der Waals surface area contributed by atoms with Crippen molar-refractivity contribution in [3.05, 3.63) is 29.2 Å². The molecule has 0 aliphatic rings. The van der Waals surface area contributed by atoms with Crippen LogP contribution in [0, 0.1) is 13.8 Å². The average molecular weight is 175 g/mol. The quantitative estimate of drug-likeness (QED) is 0.611. The number of hydrogen-bond donors (Lipinski definition) is 0. The van der Waals surface area contributed by atoms with E-state index in [0.717, 1.165) is 23.2 Å². The normalized spacial score (nSPS) is 10.6. The van der Waals surface area contributed by atoms with E-state index in [-0.39, 0.29) is 0 Å². The summed E-state index contributed by atoms with van der Waals surface area (Å²) in [7, 11) is 0. The summed E-state index contributed by atoms with van der Waals surface area (Å²) in [5, 5.41) is 4.06. The van der Waals surface area contributed by atoms with Gasteiger partial charge in [0.25, 0.3) is 0 Å². The van der Waals surface area contributed by atoms with Gasteiger partial charge in [-0.15, -0.1) is 0 Å². The number of carbonyl (C=O) groups excluding carboxylic acids is 1. The maximum atomic E-state index is 10.7. The van der Waals surface area contributed by atoms with E-state index in [1.807, 2.05) is 13.0 Å². The van der Waals surface area contributed by atoms with Crippen LogP contribution in [0.3, 0.4) is 0 Å². The van der Waals surface area contributed by atoms with Gasteiger partial charge in [0.05, 0.1) is 5.69 Å². The number of hydrogen-bond acceptors (Lipinski definition) is 3. The van der Waals surface area contributed by atoms with Crippen LogP contribution in [0.25, 0.3) is 5.65 Å². The molecule has 0 aliphatic heterocycles. The lowest BCUT2D eigenvalue weighted by Crippen LogP contribution is -1.97. The molecule has 4 heteroatoms. The minimum atomic E-state index is 0.527. The third-order valence-corrected chi connectivity index (χ3v) is 2.04. The molecule has 2 heterocycles. The second-order valence-electron chi connectivity index (χ2n) is 2.95. The van der Waals surface area contributed by atoms with E-state index in [9.17, 15) is 4.79 Å². The summed E-state index contributed by atoms with van der Waals surface area (Å²) in [6.07, 6.45) is 2.44. The Balaban J connectivity index is 2.93. The fraction of sp³-hybridized carbons (Fsp3) is 0.222. The number of nitrogens with zero attached hydrogens (tertiary/aromatic N) is 3. The zero-order valence-corrected chi connectivity index (χ0v) is 7.48. The Morgan fingerprint density at radius 3 is 2.92 bits per heavy atom. The maximum absolute atomic E-state index is 10.7. The molecule has 0 bridgehead atoms. The van der Waals surface area contributed by atoms with Crippen LogP contribution in [0.4, 0.5) is 0 Å². The minimum Gasteiger partial charge on any atom is -0.296 e. The second kappa shape index (κ2) is 2.65. The third kappa shape index (κ3) is 1.02. The van der Waals surface area contributed by atoms with Gasteiger partial charge in [-0.05, 0) is 25.5 Å². The van der Waals surface area contributed by atoms with Gasteiger partial charge in [0.15, 0.2) is 11.9 Å². The van der Waals surface area contributed by atoms with Crippen LogP contribution >= 0.6 is 0 Å². The lowest BCUT2D eigenvalue weighted by Gasteiger charge is -1.95. The predicted octanol–water partition coefficient (Wildman–Crippen LogP) is 1.16. The number of aryl methyl sites for hydroxylation is 2. The average Bonchev–Trinajstić information content (AvgIpc) is 2.43. The predicted molar refractivity (Wildman–Crippen MR) is 47.8 cm³/mol. The summed E-state index contributed by atoms with van der Waals surface area (Å²) in [6.45, 7) is 3.75. The smallest absolute Gasteiger partial charge is 0.170 e. The summed E-state index contributed by atoms with van der Waals surface area (Å²) in [5.74, 6) is 0. The van der Waals surface area contributed by atoms with E-state index in [2.05, 4.69) is 10.1 Å². The first-order valence-corrected chi connectivity index (χ1v) is 4.00. The van der Waals surface area contributed by atoms with Gasteiger partial charge in [0, 0.05) is 6.20 Å². The van der Waals surface area contributed by atoms with Crippen LogP contribution in [0.5, 0.6) is 0 Å². The zero-order valence-electron chi connectivity index (χ0n) is 7.48. The summed E-state index contributed by atoms with van der Waals surface area (Å²) in [6, 6.07) is 1.87. The Kier molecular flexibility index (Phi) is 1.62. The van der Waals surface area contributed by atoms with Gasteiger partial charge in [-0.25, -0.2) is 9.50 Å². The standard InChI is InChI=1S/C9H9N3O/c1-6-3-4-10-12-8(5-13)7(2)11-9(6)12/h3-5H,1-2H3. The van der Waals surface area contributed by atoms with Crippen molar-refractivity contribution in [3.8, 4) is 0 Å². The molecule has 0 fully saturated rings. The Morgan fingerprint density at radius 2 is 2.23 bits per heavy atom. The molecular formula is C9H9N3O. The highest BCUT2D eigenvalue weighted by molar-refractivity contribution is 5.76. The molecule has 2 aromatic heterocycles. The molecule has 4 nitrogen and oxygen atoms in total. The van der Waals surface area contributed by atoms with Crippen LogP contribution in [-0.4, -0.2) is 20.9 Å². The Labute approximate surface area is 75.2 Å². The molecule has 2 aromatic rings. The van der Waals surface area contributed by atoms with E-state index < -0.39 is 0 Å². The number of imidazole rings is 1. The molecule has 0 amide bonds. The number of aromatic nitrogens is 3. The van der Waals surface area contributed by atoms with E-state index in [4.69, 9.17) is 0 Å². The number of fused-ring (bicyclic) bond motifs is 1. The monoisotopic (exact) mass is 175 g/mol. The number of rotatable bonds is 1. The molecule has 0 aliphatic carbocycles. The molecule has 2 rings (SSSR count). The first kappa shape index (κ1) is 7.91. The molecule has 0 saturated carbocycles. The van der Waals surface area contributed by atoms with Gasteiger partial charge < -0.3 is 0 Å². The highest BCUT2D eigenvalue weighted by Gasteiger charge is 2.09. The second-order valence-corrected chi connectivity index (χ2v) is 2.95. The first-order chi connectivity index (χ1) is 6.24. The summed E-state index contributed by atoms with van der Waals surface area (Å²) < 4.78 is 1.57. The molecule has 0 aromatic carbocycles. The van der Waals surface area contributed by atoms with Crippen molar-refractivity contribution in [1.82, 2.24) is 14.6 Å². The molecule has 0 atom stereocenters. The topological polar surface area (TPSA) is 47.3 Å². The number of carbonyl (C=O) groups is 1. The lowest BCUT2D eigenvalue weighted by atomic mass is 10.3. The van der Waals surface area contributed by atoms with Crippen LogP contribution < -0.4 is 0 Å². The maximum Gasteiger partial charge on any atom is 0.170 e. The van der Waals surface area contributed by atoms with Gasteiger partial charge in [0.2, 0.25) is 0 Å². The molecular weight excluding hydrogens is 166 g/mol. The minimum absolute atomic E-state index is 0.527. The largest absolute Gasteiger partial charge is 0.296 e. The summed E-state index contributed by atoms with van der Waals surface area (Å²) in [4.78, 5) is 15.0. The fourth-order valence-electron chi connectivity index (χ4n) is 1.32. The van der Waals surface area contributed by atoms with Crippen LogP contribution in [0.15, 0.2) is 12.3 Å². The molecule has 66 valence electrons. The van der Waals surface area contributed by atoms with E-state index in [1.54, 1.807) is 17.6 Å². The highest BCUT2D eigenvalue weighted by atomic mass is 16.1. The third-order valence-electron chi connectivity index (χ3n) is 2.04. The SMILES string of the molecule is Cc1nc2c(C)ccnn2c1C=O. The highest BCUT2D eigenvalue weighted by Crippen LogP contribution is 2.11. The van der Waals surface area contributed by atoms with Crippen LogP contribution in [0.2, 0.25) is 0 Å². The molecule has 0 N–H and O–H groups in total. The van der Waals surface area contributed by atoms with Crippen LogP contribution in [0.1, 0.15) is 21.7 Å². The Hall–Kier alpha value is -1.71. The molecule has 13 heavy (non-hydrogen) atoms. The molecule has 0 radical (unpaired) electrons. The van der Waals surface area contributed by atoms with Crippen molar-refractivity contribution >= 4 is 11.9 Å². The van der Waals surface area contributed by atoms with Crippen LogP contribution in [-0.2, 0) is 0 Å². The molecule has 0 saturated heterocycles. The van der Waals surface area contributed by atoms with Gasteiger partial charge in [-0.2, -0.15) is 5.10 Å². The van der Waals surface area contributed by atoms with Crippen molar-refractivity contribution in [2.24, 2.45) is 0 Å². The van der Waals surface area contributed by atoms with Gasteiger partial charge >= 0.3 is 0 Å². The van der Waals surface area contributed by atoms with E-state index >= 15 is 0 Å². The van der Waals surface area contributed by atoms with Crippen molar-refractivity contribution in [1.29, 1.82) is 0 Å². The van der Waals surface area contributed by atoms with Crippen molar-refractivity contribution < 1.29 is 4.79 Å². The lowest BCUT2D eigenvalue weighted by molar-refractivity contribution is 0.111. The molecule has 0 unspecified atom stereocenters.